The zero-order valence-corrected chi connectivity index (χ0v) is 17.0. The monoisotopic (exact) mass is 414 g/mol. The van der Waals surface area contributed by atoms with Crippen molar-refractivity contribution in [3.63, 3.8) is 0 Å². The lowest BCUT2D eigenvalue weighted by Gasteiger charge is -2.29. The number of carbonyl (C=O) groups is 1. The molecule has 0 saturated carbocycles. The van der Waals surface area contributed by atoms with Crippen LogP contribution in [-0.4, -0.2) is 59.8 Å². The van der Waals surface area contributed by atoms with Crippen molar-refractivity contribution in [1.82, 2.24) is 14.9 Å². The van der Waals surface area contributed by atoms with Gasteiger partial charge in [-0.25, -0.2) is 14.4 Å². The van der Waals surface area contributed by atoms with Crippen molar-refractivity contribution in [1.29, 1.82) is 0 Å². The van der Waals surface area contributed by atoms with Crippen LogP contribution >= 0.6 is 11.3 Å². The average molecular weight is 415 g/mol. The first-order chi connectivity index (χ1) is 14.1. The first kappa shape index (κ1) is 19.5. The normalized spacial score (nSPS) is 20.4. The molecular weight excluding hydrogens is 391 g/mol. The summed E-state index contributed by atoms with van der Waals surface area (Å²) in [6, 6.07) is 3.83. The van der Waals surface area contributed by atoms with E-state index < -0.39 is 6.17 Å². The molecule has 2 aliphatic heterocycles. The van der Waals surface area contributed by atoms with E-state index in [0.717, 1.165) is 35.0 Å². The van der Waals surface area contributed by atoms with Gasteiger partial charge in [0.25, 0.3) is 5.91 Å². The van der Waals surface area contributed by atoms with E-state index >= 15 is 0 Å². The third-order valence-electron chi connectivity index (χ3n) is 5.14. The Morgan fingerprint density at radius 2 is 2.28 bits per heavy atom. The van der Waals surface area contributed by atoms with Crippen molar-refractivity contribution < 1.29 is 9.18 Å². The Morgan fingerprint density at radius 3 is 2.97 bits per heavy atom. The summed E-state index contributed by atoms with van der Waals surface area (Å²) in [7, 11) is 1.64. The van der Waals surface area contributed by atoms with Crippen LogP contribution in [0.15, 0.2) is 35.2 Å². The number of nitrogens with zero attached hydrogens (tertiary/aromatic N) is 5. The van der Waals surface area contributed by atoms with E-state index in [0.29, 0.717) is 36.5 Å². The number of hydrogen-bond acceptors (Lipinski definition) is 7. The number of amides is 1. The van der Waals surface area contributed by atoms with E-state index in [2.05, 4.69) is 15.0 Å². The highest BCUT2D eigenvalue weighted by atomic mass is 32.1. The predicted molar refractivity (Wildman–Crippen MR) is 113 cm³/mol. The molecule has 4 rings (SSSR count). The van der Waals surface area contributed by atoms with Crippen LogP contribution in [0, 0.1) is 0 Å². The van der Waals surface area contributed by atoms with Crippen molar-refractivity contribution in [2.75, 3.05) is 31.6 Å². The largest absolute Gasteiger partial charge is 0.403 e. The fraction of sp³-hybridized carbons (Fsp3) is 0.400. The minimum absolute atomic E-state index is 0.113. The number of carbonyl (C=O) groups excluding carboxylic acids is 1. The molecule has 2 aromatic heterocycles. The van der Waals surface area contributed by atoms with Gasteiger partial charge >= 0.3 is 0 Å². The summed E-state index contributed by atoms with van der Waals surface area (Å²) in [5, 5.41) is 0.758. The fourth-order valence-corrected chi connectivity index (χ4v) is 4.72. The Bertz CT molecular complexity index is 954. The Morgan fingerprint density at radius 1 is 1.41 bits per heavy atom. The van der Waals surface area contributed by atoms with Crippen molar-refractivity contribution in [2.24, 2.45) is 10.7 Å². The van der Waals surface area contributed by atoms with E-state index in [1.807, 2.05) is 17.0 Å². The molecule has 1 atom stereocenters. The number of pyridine rings is 1. The Labute approximate surface area is 172 Å². The Hall–Kier alpha value is -2.81. The third-order valence-corrected chi connectivity index (χ3v) is 6.27. The number of allylic oxidation sites excluding steroid dienone is 1. The number of anilines is 1. The molecule has 0 aromatic carbocycles. The van der Waals surface area contributed by atoms with Gasteiger partial charge in [-0.1, -0.05) is 0 Å². The van der Waals surface area contributed by atoms with E-state index in [-0.39, 0.29) is 5.91 Å². The molecule has 29 heavy (non-hydrogen) atoms. The van der Waals surface area contributed by atoms with Crippen LogP contribution in [0.2, 0.25) is 0 Å². The van der Waals surface area contributed by atoms with Gasteiger partial charge in [-0.05, 0) is 25.0 Å². The molecule has 9 heteroatoms. The Kier molecular flexibility index (Phi) is 5.57. The van der Waals surface area contributed by atoms with Gasteiger partial charge in [0.2, 0.25) is 0 Å². The molecule has 2 aromatic rings. The molecule has 4 heterocycles. The summed E-state index contributed by atoms with van der Waals surface area (Å²) in [5.41, 5.74) is 7.89. The van der Waals surface area contributed by atoms with Crippen molar-refractivity contribution in [3.05, 3.63) is 40.8 Å². The fourth-order valence-electron chi connectivity index (χ4n) is 3.67. The molecule has 2 aliphatic rings. The van der Waals surface area contributed by atoms with Crippen LogP contribution < -0.4 is 10.6 Å². The second kappa shape index (κ2) is 8.28. The molecule has 1 fully saturated rings. The second-order valence-electron chi connectivity index (χ2n) is 7.07. The van der Waals surface area contributed by atoms with Crippen LogP contribution in [0.25, 0.3) is 10.6 Å². The number of aliphatic imine (C=N–C) groups is 1. The summed E-state index contributed by atoms with van der Waals surface area (Å²) in [5.74, 6) is 0.662. The maximum Gasteiger partial charge on any atom is 0.270 e. The average Bonchev–Trinajstić information content (AvgIpc) is 3.18. The molecular formula is C20H23FN6OS. The number of alkyl halides is 1. The minimum Gasteiger partial charge on any atom is -0.403 e. The maximum atomic E-state index is 13.7. The molecule has 152 valence electrons. The van der Waals surface area contributed by atoms with Crippen molar-refractivity contribution >= 4 is 29.3 Å². The van der Waals surface area contributed by atoms with Crippen LogP contribution in [0.3, 0.4) is 0 Å². The zero-order chi connectivity index (χ0) is 20.4. The van der Waals surface area contributed by atoms with Gasteiger partial charge < -0.3 is 15.5 Å². The predicted octanol–water partition coefficient (Wildman–Crippen LogP) is 2.64. The number of hydrogen-bond donors (Lipinski definition) is 1. The quantitative estimate of drug-likeness (QED) is 0.777. The second-order valence-corrected chi connectivity index (χ2v) is 8.07. The lowest BCUT2D eigenvalue weighted by molar-refractivity contribution is 0.0805. The summed E-state index contributed by atoms with van der Waals surface area (Å²) < 4.78 is 13.7. The van der Waals surface area contributed by atoms with Crippen LogP contribution in [0.5, 0.6) is 0 Å². The molecule has 7 nitrogen and oxygen atoms in total. The smallest absolute Gasteiger partial charge is 0.270 e. The molecule has 0 radical (unpaired) electrons. The SMILES string of the molecule is CN=C/C(=C\N)N1CCc2nc(-c3ccc(N4CCCC(F)C4)nc3)sc2C1=O. The van der Waals surface area contributed by atoms with Crippen LogP contribution in [-0.2, 0) is 6.42 Å². The topological polar surface area (TPSA) is 87.7 Å². The summed E-state index contributed by atoms with van der Waals surface area (Å²) in [6.07, 6.45) is 6.04. The molecule has 0 aliphatic carbocycles. The number of aromatic nitrogens is 2. The maximum absolute atomic E-state index is 13.7. The molecule has 1 amide bonds. The third kappa shape index (κ3) is 3.87. The van der Waals surface area contributed by atoms with Gasteiger partial charge in [0.1, 0.15) is 21.9 Å². The number of rotatable bonds is 4. The van der Waals surface area contributed by atoms with Gasteiger partial charge in [-0.3, -0.25) is 9.79 Å². The molecule has 0 spiro atoms. The number of halogens is 1. The molecule has 1 unspecified atom stereocenters. The van der Waals surface area contributed by atoms with E-state index in [1.54, 1.807) is 24.4 Å². The highest BCUT2D eigenvalue weighted by Crippen LogP contribution is 2.33. The molecule has 2 N–H and O–H groups in total. The highest BCUT2D eigenvalue weighted by molar-refractivity contribution is 7.17. The summed E-state index contributed by atoms with van der Waals surface area (Å²) >= 11 is 1.36. The number of piperidine rings is 1. The Balaban J connectivity index is 1.55. The van der Waals surface area contributed by atoms with Crippen molar-refractivity contribution in [3.8, 4) is 10.6 Å². The van der Waals surface area contributed by atoms with E-state index in [1.165, 1.54) is 17.5 Å². The van der Waals surface area contributed by atoms with E-state index in [9.17, 15) is 9.18 Å². The van der Waals surface area contributed by atoms with E-state index in [4.69, 9.17) is 5.73 Å². The van der Waals surface area contributed by atoms with Gasteiger partial charge in [0, 0.05) is 50.7 Å². The van der Waals surface area contributed by atoms with Gasteiger partial charge in [0.05, 0.1) is 17.9 Å². The first-order valence-corrected chi connectivity index (χ1v) is 10.4. The van der Waals surface area contributed by atoms with Crippen LogP contribution in [0.1, 0.15) is 28.2 Å². The lowest BCUT2D eigenvalue weighted by atomic mass is 10.1. The van der Waals surface area contributed by atoms with Gasteiger partial charge in [-0.2, -0.15) is 0 Å². The van der Waals surface area contributed by atoms with Crippen molar-refractivity contribution in [2.45, 2.75) is 25.4 Å². The summed E-state index contributed by atoms with van der Waals surface area (Å²) in [4.78, 5) is 30.3. The lowest BCUT2D eigenvalue weighted by Crippen LogP contribution is -2.37. The van der Waals surface area contributed by atoms with Crippen LogP contribution in [0.4, 0.5) is 10.2 Å². The number of thiazole rings is 1. The minimum atomic E-state index is -0.796. The zero-order valence-electron chi connectivity index (χ0n) is 16.2. The number of nitrogens with two attached hydrogens (primary N) is 1. The first-order valence-electron chi connectivity index (χ1n) is 9.61. The van der Waals surface area contributed by atoms with Gasteiger partial charge in [-0.15, -0.1) is 11.3 Å². The molecule has 1 saturated heterocycles. The number of fused-ring (bicyclic) bond motifs is 1. The summed E-state index contributed by atoms with van der Waals surface area (Å²) in [6.45, 7) is 1.72. The standard InChI is InChI=1S/C20H23FN6OS/c1-23-11-15(9-22)27-8-6-16-18(20(27)28)29-19(25-16)13-4-5-17(24-10-13)26-7-2-3-14(21)12-26/h4-5,9-11,14H,2-3,6-8,12,22H2,1H3/b15-9+,23-11?. The van der Waals surface area contributed by atoms with Gasteiger partial charge in [0.15, 0.2) is 0 Å². The molecule has 0 bridgehead atoms. The highest BCUT2D eigenvalue weighted by Gasteiger charge is 2.30.